The Morgan fingerprint density at radius 1 is 1.20 bits per heavy atom. The second kappa shape index (κ2) is 10.1. The number of nitrogens with one attached hydrogen (secondary N) is 1. The molecule has 0 aromatic heterocycles. The van der Waals surface area contributed by atoms with Crippen LogP contribution in [0.2, 0.25) is 0 Å². The van der Waals surface area contributed by atoms with Gasteiger partial charge in [-0.2, -0.15) is 0 Å². The predicted molar refractivity (Wildman–Crippen MR) is 63.8 cm³/mol. The SMILES string of the molecule is NCCSSCCNC(=O)CCC(=O)O. The summed E-state index contributed by atoms with van der Waals surface area (Å²) in [4.78, 5) is 21.2. The van der Waals surface area contributed by atoms with Gasteiger partial charge in [-0.3, -0.25) is 9.59 Å². The Balaban J connectivity index is 3.20. The summed E-state index contributed by atoms with van der Waals surface area (Å²) in [6.45, 7) is 1.23. The summed E-state index contributed by atoms with van der Waals surface area (Å²) in [6.07, 6.45) is -0.0587. The van der Waals surface area contributed by atoms with E-state index in [0.29, 0.717) is 13.1 Å². The van der Waals surface area contributed by atoms with Gasteiger partial charge in [0.25, 0.3) is 0 Å². The first kappa shape index (κ1) is 14.6. The first-order chi connectivity index (χ1) is 7.16. The summed E-state index contributed by atoms with van der Waals surface area (Å²) in [7, 11) is 3.32. The summed E-state index contributed by atoms with van der Waals surface area (Å²) in [6, 6.07) is 0. The van der Waals surface area contributed by atoms with E-state index in [0.717, 1.165) is 11.5 Å². The molecule has 0 spiro atoms. The van der Waals surface area contributed by atoms with Crippen LogP contribution in [-0.2, 0) is 9.59 Å². The van der Waals surface area contributed by atoms with Gasteiger partial charge in [-0.1, -0.05) is 21.6 Å². The summed E-state index contributed by atoms with van der Waals surface area (Å²) < 4.78 is 0. The van der Waals surface area contributed by atoms with E-state index < -0.39 is 5.97 Å². The van der Waals surface area contributed by atoms with E-state index in [1.165, 1.54) is 0 Å². The predicted octanol–water partition coefficient (Wildman–Crippen LogP) is 0.307. The third-order valence-electron chi connectivity index (χ3n) is 1.36. The molecule has 0 aliphatic heterocycles. The largest absolute Gasteiger partial charge is 0.481 e. The lowest BCUT2D eigenvalue weighted by Gasteiger charge is -2.03. The zero-order chi connectivity index (χ0) is 11.5. The Bertz CT molecular complexity index is 202. The quantitative estimate of drug-likeness (QED) is 0.404. The number of nitrogens with two attached hydrogens (primary N) is 1. The molecule has 0 fully saturated rings. The van der Waals surface area contributed by atoms with E-state index in [2.05, 4.69) is 5.32 Å². The van der Waals surface area contributed by atoms with Gasteiger partial charge in [0.2, 0.25) is 5.91 Å². The number of hydrogen-bond acceptors (Lipinski definition) is 5. The van der Waals surface area contributed by atoms with E-state index in [-0.39, 0.29) is 18.7 Å². The van der Waals surface area contributed by atoms with Crippen LogP contribution >= 0.6 is 21.6 Å². The van der Waals surface area contributed by atoms with Gasteiger partial charge in [0, 0.05) is 31.0 Å². The molecule has 1 amide bonds. The smallest absolute Gasteiger partial charge is 0.303 e. The van der Waals surface area contributed by atoms with Crippen molar-refractivity contribution in [2.75, 3.05) is 24.6 Å². The fourth-order valence-electron chi connectivity index (χ4n) is 0.707. The minimum absolute atomic E-state index is 0.0515. The number of carboxylic acids is 1. The van der Waals surface area contributed by atoms with Gasteiger partial charge < -0.3 is 16.2 Å². The van der Waals surface area contributed by atoms with Crippen LogP contribution in [0.1, 0.15) is 12.8 Å². The van der Waals surface area contributed by atoms with E-state index in [9.17, 15) is 9.59 Å². The lowest BCUT2D eigenvalue weighted by Crippen LogP contribution is -2.25. The summed E-state index contributed by atoms with van der Waals surface area (Å²) in [5, 5.41) is 11.0. The van der Waals surface area contributed by atoms with E-state index >= 15 is 0 Å². The molecule has 0 saturated carbocycles. The van der Waals surface area contributed by atoms with Crippen LogP contribution in [0.15, 0.2) is 0 Å². The standard InChI is InChI=1S/C8H16N2O3S2/c9-3-5-14-15-6-4-10-7(11)1-2-8(12)13/h1-6,9H2,(H,10,11)(H,12,13). The Hall–Kier alpha value is -0.400. The third kappa shape index (κ3) is 11.5. The number of carboxylic acid groups (broad SMARTS) is 1. The van der Waals surface area contributed by atoms with Crippen molar-refractivity contribution in [2.45, 2.75) is 12.8 Å². The maximum Gasteiger partial charge on any atom is 0.303 e. The lowest BCUT2D eigenvalue weighted by molar-refractivity contribution is -0.138. The molecular formula is C8H16N2O3S2. The molecule has 0 aromatic rings. The highest BCUT2D eigenvalue weighted by Gasteiger charge is 2.03. The number of amides is 1. The molecule has 7 heteroatoms. The molecule has 0 aliphatic carbocycles. The minimum atomic E-state index is -0.946. The number of carbonyl (C=O) groups excluding carboxylic acids is 1. The normalized spacial score (nSPS) is 9.93. The van der Waals surface area contributed by atoms with Crippen LogP contribution in [0.4, 0.5) is 0 Å². The third-order valence-corrected chi connectivity index (χ3v) is 3.80. The van der Waals surface area contributed by atoms with Crippen molar-refractivity contribution in [3.8, 4) is 0 Å². The number of rotatable bonds is 9. The molecule has 0 unspecified atom stereocenters. The highest BCUT2D eigenvalue weighted by Crippen LogP contribution is 2.18. The molecule has 0 radical (unpaired) electrons. The van der Waals surface area contributed by atoms with Gasteiger partial charge in [0.15, 0.2) is 0 Å². The van der Waals surface area contributed by atoms with Gasteiger partial charge >= 0.3 is 5.97 Å². The average Bonchev–Trinajstić information content (AvgIpc) is 2.20. The molecule has 0 atom stereocenters. The molecule has 15 heavy (non-hydrogen) atoms. The molecule has 0 rings (SSSR count). The first-order valence-electron chi connectivity index (χ1n) is 4.59. The van der Waals surface area contributed by atoms with Crippen molar-refractivity contribution in [2.24, 2.45) is 5.73 Å². The Labute approximate surface area is 96.9 Å². The molecule has 0 aromatic carbocycles. The van der Waals surface area contributed by atoms with Gasteiger partial charge in [0.1, 0.15) is 0 Å². The summed E-state index contributed by atoms with van der Waals surface area (Å²) in [5.74, 6) is 0.557. The Kier molecular flexibility index (Phi) is 9.86. The molecule has 4 N–H and O–H groups in total. The molecule has 0 bridgehead atoms. The number of aliphatic carboxylic acids is 1. The van der Waals surface area contributed by atoms with Crippen LogP contribution in [0.3, 0.4) is 0 Å². The maximum absolute atomic E-state index is 11.0. The van der Waals surface area contributed by atoms with Gasteiger partial charge in [0.05, 0.1) is 6.42 Å². The molecule has 88 valence electrons. The Morgan fingerprint density at radius 2 is 1.87 bits per heavy atom. The van der Waals surface area contributed by atoms with Gasteiger partial charge in [-0.05, 0) is 0 Å². The van der Waals surface area contributed by atoms with E-state index in [4.69, 9.17) is 10.8 Å². The second-order valence-electron chi connectivity index (χ2n) is 2.68. The molecule has 0 aliphatic rings. The maximum atomic E-state index is 11.0. The fourth-order valence-corrected chi connectivity index (χ4v) is 2.47. The van der Waals surface area contributed by atoms with E-state index in [1.54, 1.807) is 21.6 Å². The van der Waals surface area contributed by atoms with Gasteiger partial charge in [-0.25, -0.2) is 0 Å². The van der Waals surface area contributed by atoms with Crippen LogP contribution in [0, 0.1) is 0 Å². The van der Waals surface area contributed by atoms with Crippen molar-refractivity contribution >= 4 is 33.5 Å². The van der Waals surface area contributed by atoms with Crippen LogP contribution in [0.25, 0.3) is 0 Å². The van der Waals surface area contributed by atoms with Crippen molar-refractivity contribution in [1.82, 2.24) is 5.32 Å². The van der Waals surface area contributed by atoms with Crippen LogP contribution in [0.5, 0.6) is 0 Å². The highest BCUT2D eigenvalue weighted by atomic mass is 33.1. The topological polar surface area (TPSA) is 92.4 Å². The monoisotopic (exact) mass is 252 g/mol. The van der Waals surface area contributed by atoms with Gasteiger partial charge in [-0.15, -0.1) is 0 Å². The lowest BCUT2D eigenvalue weighted by atomic mass is 10.3. The van der Waals surface area contributed by atoms with Crippen molar-refractivity contribution < 1.29 is 14.7 Å². The van der Waals surface area contributed by atoms with Crippen molar-refractivity contribution in [3.05, 3.63) is 0 Å². The summed E-state index contributed by atoms with van der Waals surface area (Å²) >= 11 is 0. The van der Waals surface area contributed by atoms with Crippen LogP contribution < -0.4 is 11.1 Å². The van der Waals surface area contributed by atoms with E-state index in [1.807, 2.05) is 0 Å². The second-order valence-corrected chi connectivity index (χ2v) is 5.38. The fraction of sp³-hybridized carbons (Fsp3) is 0.750. The van der Waals surface area contributed by atoms with Crippen LogP contribution in [-0.4, -0.2) is 41.6 Å². The molecular weight excluding hydrogens is 236 g/mol. The number of hydrogen-bond donors (Lipinski definition) is 3. The molecule has 0 heterocycles. The first-order valence-corrected chi connectivity index (χ1v) is 7.08. The zero-order valence-electron chi connectivity index (χ0n) is 8.40. The highest BCUT2D eigenvalue weighted by molar-refractivity contribution is 8.76. The molecule has 5 nitrogen and oxygen atoms in total. The zero-order valence-corrected chi connectivity index (χ0v) is 10.0. The number of carbonyl (C=O) groups is 2. The minimum Gasteiger partial charge on any atom is -0.481 e. The summed E-state index contributed by atoms with van der Waals surface area (Å²) in [5.41, 5.74) is 5.30. The average molecular weight is 252 g/mol. The Morgan fingerprint density at radius 3 is 2.47 bits per heavy atom. The van der Waals surface area contributed by atoms with Crippen molar-refractivity contribution in [3.63, 3.8) is 0 Å². The molecule has 0 saturated heterocycles. The van der Waals surface area contributed by atoms with Crippen molar-refractivity contribution in [1.29, 1.82) is 0 Å².